The normalized spacial score (nSPS) is 11.2. The van der Waals surface area contributed by atoms with E-state index in [9.17, 15) is 10.5 Å². The Kier molecular flexibility index (Phi) is 7.39. The summed E-state index contributed by atoms with van der Waals surface area (Å²) in [5.41, 5.74) is 12.9. The van der Waals surface area contributed by atoms with Gasteiger partial charge in [-0.05, 0) is 109 Å². The Hall–Kier alpha value is -6.36. The molecule has 4 nitrogen and oxygen atoms in total. The number of rotatable bonds is 6. The van der Waals surface area contributed by atoms with Gasteiger partial charge in [-0.3, -0.25) is 0 Å². The third-order valence-electron chi connectivity index (χ3n) is 8.44. The van der Waals surface area contributed by atoms with Gasteiger partial charge in [0.05, 0.1) is 0 Å². The standard InChI is InChI=1S/C42H30N4/c1-29-13-17-34(18-14-29)45(32-9-5-3-6-10-32)36-21-23-38-39-24-22-37(26-41(39)42(40(38)25-36)31(27-43)28-44)46(33-11-7-4-8-12-33)35-19-15-30(2)16-20-35/h3-26H,1-2H3. The van der Waals surface area contributed by atoms with Crippen molar-refractivity contribution in [2.45, 2.75) is 13.8 Å². The van der Waals surface area contributed by atoms with Crippen LogP contribution in [0.5, 0.6) is 0 Å². The number of hydrogen-bond acceptors (Lipinski definition) is 4. The van der Waals surface area contributed by atoms with E-state index in [0.717, 1.165) is 56.4 Å². The second-order valence-electron chi connectivity index (χ2n) is 11.4. The molecule has 0 fully saturated rings. The molecule has 0 amide bonds. The van der Waals surface area contributed by atoms with Crippen molar-refractivity contribution in [1.82, 2.24) is 0 Å². The van der Waals surface area contributed by atoms with Crippen LogP contribution in [0.2, 0.25) is 0 Å². The molecule has 0 saturated carbocycles. The highest BCUT2D eigenvalue weighted by atomic mass is 15.1. The van der Waals surface area contributed by atoms with E-state index in [0.29, 0.717) is 5.57 Å². The van der Waals surface area contributed by atoms with Crippen LogP contribution in [0, 0.1) is 36.5 Å². The van der Waals surface area contributed by atoms with Crippen LogP contribution < -0.4 is 9.80 Å². The maximum absolute atomic E-state index is 10.2. The predicted molar refractivity (Wildman–Crippen MR) is 188 cm³/mol. The van der Waals surface area contributed by atoms with Crippen molar-refractivity contribution in [3.63, 3.8) is 0 Å². The van der Waals surface area contributed by atoms with Gasteiger partial charge in [-0.15, -0.1) is 0 Å². The Bertz CT molecular complexity index is 2010. The van der Waals surface area contributed by atoms with Crippen LogP contribution in [0.3, 0.4) is 0 Å². The Balaban J connectivity index is 1.41. The number of hydrogen-bond donors (Lipinski definition) is 0. The Morgan fingerprint density at radius 3 is 1.13 bits per heavy atom. The van der Waals surface area contributed by atoms with Crippen LogP contribution in [0.25, 0.3) is 16.7 Å². The number of fused-ring (bicyclic) bond motifs is 3. The minimum absolute atomic E-state index is 0.0949. The molecule has 46 heavy (non-hydrogen) atoms. The first-order valence-corrected chi connectivity index (χ1v) is 15.2. The Morgan fingerprint density at radius 1 is 0.413 bits per heavy atom. The van der Waals surface area contributed by atoms with E-state index >= 15 is 0 Å². The molecule has 0 N–H and O–H groups in total. The molecule has 0 radical (unpaired) electrons. The number of aryl methyl sites for hydroxylation is 2. The topological polar surface area (TPSA) is 54.1 Å². The number of nitrogens with zero attached hydrogens (tertiary/aromatic N) is 4. The summed E-state index contributed by atoms with van der Waals surface area (Å²) in [6, 6.07) is 54.5. The highest BCUT2D eigenvalue weighted by Gasteiger charge is 2.29. The number of anilines is 6. The third-order valence-corrected chi connectivity index (χ3v) is 8.44. The maximum Gasteiger partial charge on any atom is 0.138 e. The fourth-order valence-electron chi connectivity index (χ4n) is 6.21. The van der Waals surface area contributed by atoms with Crippen molar-refractivity contribution in [2.75, 3.05) is 9.80 Å². The Labute approximate surface area is 270 Å². The van der Waals surface area contributed by atoms with E-state index in [-0.39, 0.29) is 5.57 Å². The van der Waals surface area contributed by atoms with Crippen molar-refractivity contribution in [2.24, 2.45) is 0 Å². The summed E-state index contributed by atoms with van der Waals surface area (Å²) >= 11 is 0. The van der Waals surface area contributed by atoms with Gasteiger partial charge in [-0.25, -0.2) is 0 Å². The summed E-state index contributed by atoms with van der Waals surface area (Å²) in [5.74, 6) is 0. The summed E-state index contributed by atoms with van der Waals surface area (Å²) < 4.78 is 0. The molecule has 0 atom stereocenters. The first kappa shape index (κ1) is 28.4. The van der Waals surface area contributed by atoms with Gasteiger partial charge >= 0.3 is 0 Å². The molecular formula is C42H30N4. The van der Waals surface area contributed by atoms with Crippen molar-refractivity contribution < 1.29 is 0 Å². The van der Waals surface area contributed by atoms with Crippen LogP contribution in [-0.4, -0.2) is 0 Å². The minimum atomic E-state index is 0.0949. The number of para-hydroxylation sites is 2. The van der Waals surface area contributed by atoms with E-state index < -0.39 is 0 Å². The molecule has 7 rings (SSSR count). The molecule has 0 unspecified atom stereocenters. The van der Waals surface area contributed by atoms with Crippen molar-refractivity contribution >= 4 is 39.7 Å². The number of nitriles is 2. The van der Waals surface area contributed by atoms with E-state index in [1.54, 1.807) is 0 Å². The van der Waals surface area contributed by atoms with E-state index in [1.807, 2.05) is 36.4 Å². The first-order chi connectivity index (χ1) is 22.6. The second kappa shape index (κ2) is 12.0. The second-order valence-corrected chi connectivity index (χ2v) is 11.4. The fraction of sp³-hybridized carbons (Fsp3) is 0.0476. The molecule has 0 aliphatic heterocycles. The highest BCUT2D eigenvalue weighted by Crippen LogP contribution is 2.50. The molecule has 0 aromatic heterocycles. The lowest BCUT2D eigenvalue weighted by Gasteiger charge is -2.26. The molecule has 1 aliphatic rings. The summed E-state index contributed by atoms with van der Waals surface area (Å²) in [6.45, 7) is 4.16. The van der Waals surface area contributed by atoms with E-state index in [1.165, 1.54) is 11.1 Å². The Morgan fingerprint density at radius 2 is 0.761 bits per heavy atom. The summed E-state index contributed by atoms with van der Waals surface area (Å²) in [6.07, 6.45) is 0. The molecule has 0 spiro atoms. The van der Waals surface area contributed by atoms with Crippen LogP contribution in [0.15, 0.2) is 151 Å². The van der Waals surface area contributed by atoms with Crippen LogP contribution >= 0.6 is 0 Å². The van der Waals surface area contributed by atoms with Gasteiger partial charge in [0, 0.05) is 39.7 Å². The first-order valence-electron chi connectivity index (χ1n) is 15.2. The lowest BCUT2D eigenvalue weighted by atomic mass is 9.98. The zero-order valence-corrected chi connectivity index (χ0v) is 25.6. The van der Waals surface area contributed by atoms with Gasteiger partial charge in [-0.2, -0.15) is 10.5 Å². The van der Waals surface area contributed by atoms with E-state index in [2.05, 4.69) is 145 Å². The fourth-order valence-corrected chi connectivity index (χ4v) is 6.21. The summed E-state index contributed by atoms with van der Waals surface area (Å²) in [5, 5.41) is 20.4. The highest BCUT2D eigenvalue weighted by molar-refractivity contribution is 6.06. The number of allylic oxidation sites excluding steroid dienone is 1. The third kappa shape index (κ3) is 5.09. The average molecular weight is 591 g/mol. The van der Waals surface area contributed by atoms with Crippen LogP contribution in [-0.2, 0) is 0 Å². The zero-order chi connectivity index (χ0) is 31.6. The van der Waals surface area contributed by atoms with Gasteiger partial charge in [-0.1, -0.05) is 83.9 Å². The quantitative estimate of drug-likeness (QED) is 0.181. The molecule has 218 valence electrons. The average Bonchev–Trinajstić information content (AvgIpc) is 3.41. The molecule has 4 heteroatoms. The van der Waals surface area contributed by atoms with Gasteiger partial charge in [0.2, 0.25) is 0 Å². The minimum Gasteiger partial charge on any atom is -0.310 e. The predicted octanol–water partition coefficient (Wildman–Crippen LogP) is 11.1. The van der Waals surface area contributed by atoms with Gasteiger partial charge in [0.25, 0.3) is 0 Å². The van der Waals surface area contributed by atoms with Crippen molar-refractivity contribution in [1.29, 1.82) is 10.5 Å². The lowest BCUT2D eigenvalue weighted by molar-refractivity contribution is 1.27. The lowest BCUT2D eigenvalue weighted by Crippen LogP contribution is -2.10. The molecule has 1 aliphatic carbocycles. The summed E-state index contributed by atoms with van der Waals surface area (Å²) in [4.78, 5) is 4.41. The van der Waals surface area contributed by atoms with Crippen LogP contribution in [0.1, 0.15) is 22.3 Å². The monoisotopic (exact) mass is 590 g/mol. The molecule has 6 aromatic rings. The van der Waals surface area contributed by atoms with Gasteiger partial charge < -0.3 is 9.80 Å². The SMILES string of the molecule is Cc1ccc(N(c2ccccc2)c2ccc3c(c2)C(=C(C#N)C#N)c2cc(N(c4ccccc4)c4ccc(C)cc4)ccc2-3)cc1. The smallest absolute Gasteiger partial charge is 0.138 e. The number of benzene rings is 6. The van der Waals surface area contributed by atoms with Gasteiger partial charge in [0.15, 0.2) is 0 Å². The summed E-state index contributed by atoms with van der Waals surface area (Å²) in [7, 11) is 0. The maximum atomic E-state index is 10.2. The van der Waals surface area contributed by atoms with E-state index in [4.69, 9.17) is 0 Å². The zero-order valence-electron chi connectivity index (χ0n) is 25.6. The molecule has 6 aromatic carbocycles. The molecule has 0 saturated heterocycles. The molecule has 0 heterocycles. The van der Waals surface area contributed by atoms with Crippen molar-refractivity contribution in [3.05, 3.63) is 173 Å². The van der Waals surface area contributed by atoms with Crippen LogP contribution in [0.4, 0.5) is 34.1 Å². The molecule has 0 bridgehead atoms. The molecular weight excluding hydrogens is 560 g/mol. The van der Waals surface area contributed by atoms with Gasteiger partial charge in [0.1, 0.15) is 17.7 Å². The van der Waals surface area contributed by atoms with Crippen molar-refractivity contribution in [3.8, 4) is 23.3 Å². The largest absolute Gasteiger partial charge is 0.310 e.